The second-order valence-electron chi connectivity index (χ2n) is 8.22. The van der Waals surface area contributed by atoms with Crippen LogP contribution in [0, 0.1) is 6.92 Å². The van der Waals surface area contributed by atoms with Crippen LogP contribution in [-0.2, 0) is 11.1 Å². The zero-order chi connectivity index (χ0) is 18.9. The molecule has 1 saturated carbocycles. The van der Waals surface area contributed by atoms with Gasteiger partial charge in [-0.15, -0.1) is 0 Å². The van der Waals surface area contributed by atoms with Crippen molar-refractivity contribution in [2.45, 2.75) is 64.5 Å². The maximum absolute atomic E-state index is 13.1. The van der Waals surface area contributed by atoms with Crippen LogP contribution in [-0.4, -0.2) is 22.8 Å². The largest absolute Gasteiger partial charge is 0.497 e. The summed E-state index contributed by atoms with van der Waals surface area (Å²) in [5.41, 5.74) is 2.11. The Morgan fingerprint density at radius 1 is 1.19 bits per heavy atom. The maximum atomic E-state index is 13.1. The predicted molar refractivity (Wildman–Crippen MR) is 103 cm³/mol. The van der Waals surface area contributed by atoms with Crippen molar-refractivity contribution in [3.05, 3.63) is 47.3 Å². The van der Waals surface area contributed by atoms with Crippen molar-refractivity contribution >= 4 is 5.91 Å². The number of ether oxygens (including phenoxy) is 1. The van der Waals surface area contributed by atoms with Gasteiger partial charge in [-0.05, 0) is 58.2 Å². The summed E-state index contributed by atoms with van der Waals surface area (Å²) in [5.74, 6) is 0.784. The van der Waals surface area contributed by atoms with Gasteiger partial charge in [0.25, 0.3) is 5.91 Å². The van der Waals surface area contributed by atoms with Gasteiger partial charge in [0.2, 0.25) is 0 Å². The lowest BCUT2D eigenvalue weighted by Gasteiger charge is -2.31. The smallest absolute Gasteiger partial charge is 0.255 e. The Labute approximate surface area is 155 Å². The number of aryl methyl sites for hydroxylation is 1. The average Bonchev–Trinajstić information content (AvgIpc) is 3.22. The summed E-state index contributed by atoms with van der Waals surface area (Å²) in [6, 6.07) is 8.06. The van der Waals surface area contributed by atoms with Gasteiger partial charge in [0.1, 0.15) is 5.75 Å². The SMILES string of the molecule is COc1ccc(C2(NC(=O)c3cn(C(C)(C)C)nc3C)CCCC2)cc1. The highest BCUT2D eigenvalue weighted by molar-refractivity contribution is 5.95. The van der Waals surface area contributed by atoms with E-state index in [9.17, 15) is 4.79 Å². The Bertz CT molecular complexity index is 779. The highest BCUT2D eigenvalue weighted by Crippen LogP contribution is 2.39. The zero-order valence-electron chi connectivity index (χ0n) is 16.4. The lowest BCUT2D eigenvalue weighted by atomic mass is 9.87. The fraction of sp³-hybridized carbons (Fsp3) is 0.524. The van der Waals surface area contributed by atoms with Gasteiger partial charge >= 0.3 is 0 Å². The number of amides is 1. The van der Waals surface area contributed by atoms with Crippen molar-refractivity contribution < 1.29 is 9.53 Å². The van der Waals surface area contributed by atoms with Gasteiger partial charge in [0.15, 0.2) is 0 Å². The maximum Gasteiger partial charge on any atom is 0.255 e. The van der Waals surface area contributed by atoms with E-state index >= 15 is 0 Å². The Balaban J connectivity index is 1.88. The van der Waals surface area contributed by atoms with Gasteiger partial charge in [0.05, 0.1) is 29.4 Å². The quantitative estimate of drug-likeness (QED) is 0.896. The molecule has 0 saturated heterocycles. The van der Waals surface area contributed by atoms with E-state index in [1.54, 1.807) is 7.11 Å². The summed E-state index contributed by atoms with van der Waals surface area (Å²) in [7, 11) is 1.66. The Morgan fingerprint density at radius 2 is 1.81 bits per heavy atom. The summed E-state index contributed by atoms with van der Waals surface area (Å²) in [6.07, 6.45) is 6.01. The van der Waals surface area contributed by atoms with E-state index in [1.165, 1.54) is 0 Å². The second kappa shape index (κ2) is 6.78. The average molecular weight is 355 g/mol. The molecule has 1 heterocycles. The number of carbonyl (C=O) groups is 1. The molecule has 1 aliphatic carbocycles. The Hall–Kier alpha value is -2.30. The molecule has 3 rings (SSSR count). The molecule has 1 aliphatic rings. The molecule has 1 aromatic heterocycles. The summed E-state index contributed by atoms with van der Waals surface area (Å²) < 4.78 is 7.13. The number of benzene rings is 1. The fourth-order valence-electron chi connectivity index (χ4n) is 3.69. The van der Waals surface area contributed by atoms with Gasteiger partial charge in [-0.3, -0.25) is 9.48 Å². The summed E-state index contributed by atoms with van der Waals surface area (Å²) in [4.78, 5) is 13.1. The Kier molecular flexibility index (Phi) is 4.82. The summed E-state index contributed by atoms with van der Waals surface area (Å²) in [5, 5.41) is 7.87. The molecule has 2 aromatic rings. The van der Waals surface area contributed by atoms with E-state index in [1.807, 2.05) is 29.9 Å². The number of carbonyl (C=O) groups excluding carboxylic acids is 1. The standard InChI is InChI=1S/C21H29N3O2/c1-15-18(14-24(23-15)20(2,3)4)19(25)22-21(12-6-7-13-21)16-8-10-17(26-5)11-9-16/h8-11,14H,6-7,12-13H2,1-5H3,(H,22,25). The van der Waals surface area contributed by atoms with E-state index in [0.29, 0.717) is 5.56 Å². The molecule has 1 amide bonds. The van der Waals surface area contributed by atoms with Gasteiger partial charge < -0.3 is 10.1 Å². The first-order chi connectivity index (χ1) is 12.2. The first-order valence-electron chi connectivity index (χ1n) is 9.29. The van der Waals surface area contributed by atoms with Gasteiger partial charge in [-0.2, -0.15) is 5.10 Å². The molecule has 0 aliphatic heterocycles. The highest BCUT2D eigenvalue weighted by atomic mass is 16.5. The van der Waals surface area contributed by atoms with E-state index in [-0.39, 0.29) is 17.0 Å². The third-order valence-corrected chi connectivity index (χ3v) is 5.28. The molecule has 0 atom stereocenters. The number of nitrogens with one attached hydrogen (secondary N) is 1. The molecule has 1 fully saturated rings. The third kappa shape index (κ3) is 3.48. The monoisotopic (exact) mass is 355 g/mol. The molecule has 26 heavy (non-hydrogen) atoms. The molecule has 0 bridgehead atoms. The molecule has 140 valence electrons. The molecule has 0 spiro atoms. The van der Waals surface area contributed by atoms with Crippen LogP contribution < -0.4 is 10.1 Å². The molecule has 1 aromatic carbocycles. The van der Waals surface area contributed by atoms with Crippen molar-refractivity contribution in [1.82, 2.24) is 15.1 Å². The topological polar surface area (TPSA) is 56.1 Å². The molecule has 0 radical (unpaired) electrons. The first kappa shape index (κ1) is 18.5. The third-order valence-electron chi connectivity index (χ3n) is 5.28. The summed E-state index contributed by atoms with van der Waals surface area (Å²) >= 11 is 0. The number of aromatic nitrogens is 2. The van der Waals surface area contributed by atoms with Crippen LogP contribution >= 0.6 is 0 Å². The molecule has 1 N–H and O–H groups in total. The summed E-state index contributed by atoms with van der Waals surface area (Å²) in [6.45, 7) is 8.14. The van der Waals surface area contributed by atoms with Crippen LogP contribution in [0.5, 0.6) is 5.75 Å². The van der Waals surface area contributed by atoms with Crippen molar-refractivity contribution in [2.24, 2.45) is 0 Å². The minimum atomic E-state index is -0.306. The molecular formula is C21H29N3O2. The van der Waals surface area contributed by atoms with E-state index < -0.39 is 0 Å². The fourth-order valence-corrected chi connectivity index (χ4v) is 3.69. The molecule has 5 nitrogen and oxygen atoms in total. The molecule has 0 unspecified atom stereocenters. The van der Waals surface area contributed by atoms with Crippen molar-refractivity contribution in [3.8, 4) is 5.75 Å². The van der Waals surface area contributed by atoms with Crippen LogP contribution in [0.2, 0.25) is 0 Å². The highest BCUT2D eigenvalue weighted by Gasteiger charge is 2.38. The first-order valence-corrected chi connectivity index (χ1v) is 9.29. The van der Waals surface area contributed by atoms with E-state index in [0.717, 1.165) is 42.7 Å². The van der Waals surface area contributed by atoms with Crippen LogP contribution in [0.1, 0.15) is 68.1 Å². The van der Waals surface area contributed by atoms with Gasteiger partial charge in [-0.25, -0.2) is 0 Å². The number of rotatable bonds is 4. The predicted octanol–water partition coefficient (Wildman–Crippen LogP) is 4.15. The normalized spacial score (nSPS) is 16.5. The van der Waals surface area contributed by atoms with Crippen LogP contribution in [0.15, 0.2) is 30.5 Å². The van der Waals surface area contributed by atoms with Crippen molar-refractivity contribution in [1.29, 1.82) is 0 Å². The molecular weight excluding hydrogens is 326 g/mol. The Morgan fingerprint density at radius 3 is 2.31 bits per heavy atom. The lowest BCUT2D eigenvalue weighted by molar-refractivity contribution is 0.0897. The van der Waals surface area contributed by atoms with E-state index in [2.05, 4.69) is 43.3 Å². The van der Waals surface area contributed by atoms with Gasteiger partial charge in [-0.1, -0.05) is 25.0 Å². The number of nitrogens with zero attached hydrogens (tertiary/aromatic N) is 2. The van der Waals surface area contributed by atoms with E-state index in [4.69, 9.17) is 4.74 Å². The minimum Gasteiger partial charge on any atom is -0.497 e. The number of methoxy groups -OCH3 is 1. The van der Waals surface area contributed by atoms with Crippen molar-refractivity contribution in [2.75, 3.05) is 7.11 Å². The van der Waals surface area contributed by atoms with Crippen molar-refractivity contribution in [3.63, 3.8) is 0 Å². The minimum absolute atomic E-state index is 0.0456. The number of hydrogen-bond acceptors (Lipinski definition) is 3. The van der Waals surface area contributed by atoms with Gasteiger partial charge in [0, 0.05) is 6.20 Å². The lowest BCUT2D eigenvalue weighted by Crippen LogP contribution is -2.43. The van der Waals surface area contributed by atoms with Crippen LogP contribution in [0.3, 0.4) is 0 Å². The van der Waals surface area contributed by atoms with Crippen LogP contribution in [0.4, 0.5) is 0 Å². The van der Waals surface area contributed by atoms with Crippen LogP contribution in [0.25, 0.3) is 0 Å². The molecule has 5 heteroatoms. The number of hydrogen-bond donors (Lipinski definition) is 1. The second-order valence-corrected chi connectivity index (χ2v) is 8.22. The zero-order valence-corrected chi connectivity index (χ0v) is 16.4.